The lowest BCUT2D eigenvalue weighted by atomic mass is 10.3. The number of rotatable bonds is 3. The lowest BCUT2D eigenvalue weighted by Crippen LogP contribution is -2.50. The van der Waals surface area contributed by atoms with E-state index >= 15 is 0 Å². The van der Waals surface area contributed by atoms with E-state index < -0.39 is 0 Å². The maximum atomic E-state index is 12.5. The molecule has 0 spiro atoms. The van der Waals surface area contributed by atoms with Crippen molar-refractivity contribution in [3.05, 3.63) is 41.7 Å². The number of nitrogens with one attached hydrogen (secondary N) is 1. The first-order valence-corrected chi connectivity index (χ1v) is 10.3. The van der Waals surface area contributed by atoms with Gasteiger partial charge in [-0.2, -0.15) is 0 Å². The molecule has 1 N–H and O–H groups in total. The molecular formula is C20H26ClN7O. The van der Waals surface area contributed by atoms with E-state index in [0.29, 0.717) is 23.8 Å². The predicted molar refractivity (Wildman–Crippen MR) is 116 cm³/mol. The van der Waals surface area contributed by atoms with Crippen LogP contribution in [0.1, 0.15) is 0 Å². The SMILES string of the molecule is CN1CCN(c2cc(N3CCN(C(=O)Nc4cccc(Cl)c4)CC3)ncn2)CC1. The lowest BCUT2D eigenvalue weighted by molar-refractivity contribution is 0.208. The number of carbonyl (C=O) groups excluding carboxylic acids is 1. The molecule has 0 saturated carbocycles. The first-order chi connectivity index (χ1) is 14.1. The van der Waals surface area contributed by atoms with Crippen LogP contribution in [-0.4, -0.2) is 85.2 Å². The summed E-state index contributed by atoms with van der Waals surface area (Å²) in [5.74, 6) is 1.90. The maximum absolute atomic E-state index is 12.5. The summed E-state index contributed by atoms with van der Waals surface area (Å²) in [6, 6.07) is 9.15. The highest BCUT2D eigenvalue weighted by Gasteiger charge is 2.23. The Balaban J connectivity index is 1.33. The van der Waals surface area contributed by atoms with Crippen LogP contribution < -0.4 is 15.1 Å². The van der Waals surface area contributed by atoms with Crippen LogP contribution in [0.15, 0.2) is 36.7 Å². The molecule has 3 heterocycles. The zero-order valence-corrected chi connectivity index (χ0v) is 17.3. The van der Waals surface area contributed by atoms with Crippen LogP contribution in [0.4, 0.5) is 22.1 Å². The van der Waals surface area contributed by atoms with E-state index in [9.17, 15) is 4.79 Å². The molecule has 154 valence electrons. The van der Waals surface area contributed by atoms with Gasteiger partial charge in [0.25, 0.3) is 0 Å². The second-order valence-corrected chi connectivity index (χ2v) is 7.88. The predicted octanol–water partition coefficient (Wildman–Crippen LogP) is 2.24. The van der Waals surface area contributed by atoms with Crippen molar-refractivity contribution in [1.29, 1.82) is 0 Å². The van der Waals surface area contributed by atoms with Crippen molar-refractivity contribution in [2.24, 2.45) is 0 Å². The molecule has 2 amide bonds. The number of anilines is 3. The van der Waals surface area contributed by atoms with Gasteiger partial charge in [-0.05, 0) is 25.2 Å². The van der Waals surface area contributed by atoms with E-state index in [1.165, 1.54) is 0 Å². The number of nitrogens with zero attached hydrogens (tertiary/aromatic N) is 6. The van der Waals surface area contributed by atoms with Gasteiger partial charge in [-0.3, -0.25) is 0 Å². The highest BCUT2D eigenvalue weighted by Crippen LogP contribution is 2.21. The molecule has 0 radical (unpaired) electrons. The fourth-order valence-corrected chi connectivity index (χ4v) is 3.82. The van der Waals surface area contributed by atoms with Gasteiger partial charge in [0.05, 0.1) is 0 Å². The zero-order valence-electron chi connectivity index (χ0n) is 16.6. The second kappa shape index (κ2) is 8.84. The smallest absolute Gasteiger partial charge is 0.321 e. The van der Waals surface area contributed by atoms with Crippen LogP contribution in [0.5, 0.6) is 0 Å². The van der Waals surface area contributed by atoms with Crippen molar-refractivity contribution < 1.29 is 4.79 Å². The van der Waals surface area contributed by atoms with Crippen LogP contribution >= 0.6 is 11.6 Å². The van der Waals surface area contributed by atoms with E-state index in [1.54, 1.807) is 18.5 Å². The third-order valence-corrected chi connectivity index (χ3v) is 5.67. The Morgan fingerprint density at radius 2 is 1.55 bits per heavy atom. The van der Waals surface area contributed by atoms with Gasteiger partial charge in [-0.1, -0.05) is 17.7 Å². The van der Waals surface area contributed by atoms with Crippen molar-refractivity contribution in [3.8, 4) is 0 Å². The monoisotopic (exact) mass is 415 g/mol. The summed E-state index contributed by atoms with van der Waals surface area (Å²) in [7, 11) is 2.14. The Kier molecular flexibility index (Phi) is 6.01. The Hall–Kier alpha value is -2.58. The molecule has 2 aliphatic rings. The van der Waals surface area contributed by atoms with Crippen molar-refractivity contribution in [2.75, 3.05) is 74.5 Å². The van der Waals surface area contributed by atoms with E-state index in [-0.39, 0.29) is 6.03 Å². The molecule has 2 fully saturated rings. The van der Waals surface area contributed by atoms with Gasteiger partial charge in [0.2, 0.25) is 0 Å². The normalized spacial score (nSPS) is 18.1. The first-order valence-electron chi connectivity index (χ1n) is 9.90. The zero-order chi connectivity index (χ0) is 20.2. The van der Waals surface area contributed by atoms with Gasteiger partial charge in [-0.15, -0.1) is 0 Å². The van der Waals surface area contributed by atoms with Crippen LogP contribution in [0.3, 0.4) is 0 Å². The summed E-state index contributed by atoms with van der Waals surface area (Å²) in [6.07, 6.45) is 1.64. The summed E-state index contributed by atoms with van der Waals surface area (Å²) in [5.41, 5.74) is 0.706. The molecule has 0 aliphatic carbocycles. The Bertz CT molecular complexity index is 848. The number of hydrogen-bond acceptors (Lipinski definition) is 6. The van der Waals surface area contributed by atoms with Gasteiger partial charge in [0.1, 0.15) is 18.0 Å². The average Bonchev–Trinajstić information content (AvgIpc) is 2.74. The minimum atomic E-state index is -0.104. The molecule has 1 aromatic carbocycles. The molecule has 2 saturated heterocycles. The number of amides is 2. The fraction of sp³-hybridized carbons (Fsp3) is 0.450. The Morgan fingerprint density at radius 3 is 2.17 bits per heavy atom. The molecule has 29 heavy (non-hydrogen) atoms. The lowest BCUT2D eigenvalue weighted by Gasteiger charge is -2.36. The molecule has 2 aromatic rings. The van der Waals surface area contributed by atoms with Gasteiger partial charge in [0.15, 0.2) is 0 Å². The number of hydrogen-bond donors (Lipinski definition) is 1. The summed E-state index contributed by atoms with van der Waals surface area (Å²) >= 11 is 5.99. The standard InChI is InChI=1S/C20H26ClN7O/c1-25-5-7-26(8-6-25)18-14-19(23-15-22-18)27-9-11-28(12-10-27)20(29)24-17-4-2-3-16(21)13-17/h2-4,13-15H,5-12H2,1H3,(H,24,29). The van der Waals surface area contributed by atoms with Crippen molar-refractivity contribution in [3.63, 3.8) is 0 Å². The molecular weight excluding hydrogens is 390 g/mol. The molecule has 0 bridgehead atoms. The summed E-state index contributed by atoms with van der Waals surface area (Å²) in [5, 5.41) is 3.51. The Morgan fingerprint density at radius 1 is 0.931 bits per heavy atom. The molecule has 4 rings (SSSR count). The second-order valence-electron chi connectivity index (χ2n) is 7.44. The van der Waals surface area contributed by atoms with Crippen LogP contribution in [0.2, 0.25) is 5.02 Å². The first kappa shape index (κ1) is 19.7. The largest absolute Gasteiger partial charge is 0.354 e. The van der Waals surface area contributed by atoms with Gasteiger partial charge in [0, 0.05) is 69.1 Å². The van der Waals surface area contributed by atoms with Crippen molar-refractivity contribution in [1.82, 2.24) is 19.8 Å². The molecule has 0 atom stereocenters. The number of benzene rings is 1. The minimum Gasteiger partial charge on any atom is -0.354 e. The topological polar surface area (TPSA) is 67.8 Å². The number of piperazine rings is 2. The maximum Gasteiger partial charge on any atom is 0.321 e. The summed E-state index contributed by atoms with van der Waals surface area (Å²) < 4.78 is 0. The van der Waals surface area contributed by atoms with E-state index in [4.69, 9.17) is 11.6 Å². The number of aromatic nitrogens is 2. The van der Waals surface area contributed by atoms with Crippen molar-refractivity contribution in [2.45, 2.75) is 0 Å². The van der Waals surface area contributed by atoms with E-state index in [0.717, 1.165) is 50.9 Å². The van der Waals surface area contributed by atoms with E-state index in [1.807, 2.05) is 17.0 Å². The molecule has 8 nitrogen and oxygen atoms in total. The summed E-state index contributed by atoms with van der Waals surface area (Å²) in [4.78, 5) is 30.1. The van der Waals surface area contributed by atoms with Gasteiger partial charge >= 0.3 is 6.03 Å². The van der Waals surface area contributed by atoms with Crippen LogP contribution in [-0.2, 0) is 0 Å². The molecule has 0 unspecified atom stereocenters. The molecule has 2 aliphatic heterocycles. The number of likely N-dealkylation sites (N-methyl/N-ethyl adjacent to an activating group) is 1. The number of urea groups is 1. The molecule has 9 heteroatoms. The third-order valence-electron chi connectivity index (χ3n) is 5.43. The third kappa shape index (κ3) is 4.89. The highest BCUT2D eigenvalue weighted by atomic mass is 35.5. The number of halogens is 1. The quantitative estimate of drug-likeness (QED) is 0.829. The Labute approximate surface area is 176 Å². The van der Waals surface area contributed by atoms with Crippen molar-refractivity contribution >= 4 is 35.0 Å². The van der Waals surface area contributed by atoms with E-state index in [2.05, 4.69) is 43.1 Å². The van der Waals surface area contributed by atoms with Crippen LogP contribution in [0, 0.1) is 0 Å². The fourth-order valence-electron chi connectivity index (χ4n) is 3.63. The van der Waals surface area contributed by atoms with Gasteiger partial charge < -0.3 is 24.9 Å². The highest BCUT2D eigenvalue weighted by molar-refractivity contribution is 6.30. The average molecular weight is 416 g/mol. The minimum absolute atomic E-state index is 0.104. The number of carbonyl (C=O) groups is 1. The van der Waals surface area contributed by atoms with Crippen LogP contribution in [0.25, 0.3) is 0 Å². The molecule has 1 aromatic heterocycles. The summed E-state index contributed by atoms with van der Waals surface area (Å²) in [6.45, 7) is 6.79. The van der Waals surface area contributed by atoms with Gasteiger partial charge in [-0.25, -0.2) is 14.8 Å².